The first kappa shape index (κ1) is 31.3. The van der Waals surface area contributed by atoms with Gasteiger partial charge in [0, 0.05) is 43.3 Å². The van der Waals surface area contributed by atoms with Crippen LogP contribution < -0.4 is 0 Å². The third-order valence-corrected chi connectivity index (χ3v) is 8.80. The molecule has 0 saturated heterocycles. The van der Waals surface area contributed by atoms with Crippen LogP contribution in [0.5, 0.6) is 0 Å². The number of hydrogen-bond acceptors (Lipinski definition) is 4. The van der Waals surface area contributed by atoms with E-state index in [-0.39, 0.29) is 25.5 Å². The molecule has 1 radical (unpaired) electrons. The molecular formula is C43H30IrN2O2-2. The van der Waals surface area contributed by atoms with Crippen LogP contribution >= 0.6 is 0 Å². The van der Waals surface area contributed by atoms with Gasteiger partial charge in [0.05, 0.1) is 11.2 Å². The molecule has 4 nitrogen and oxygen atoms in total. The number of fused-ring (bicyclic) bond motifs is 6. The van der Waals surface area contributed by atoms with E-state index >= 15 is 0 Å². The van der Waals surface area contributed by atoms with Crippen molar-refractivity contribution in [3.8, 4) is 22.5 Å². The summed E-state index contributed by atoms with van der Waals surface area (Å²) in [5, 5.41) is 4.50. The van der Waals surface area contributed by atoms with Gasteiger partial charge in [-0.3, -0.25) is 0 Å². The average molecular weight is 799 g/mol. The number of pyridine rings is 2. The normalized spacial score (nSPS) is 11.4. The molecule has 0 unspecified atom stereocenters. The fraction of sp³-hybridized carbons (Fsp3) is 0.0698. The number of benzene rings is 5. The van der Waals surface area contributed by atoms with Crippen LogP contribution in [0.25, 0.3) is 66.4 Å². The number of hydrogen-bond donors (Lipinski definition) is 0. The Bertz CT molecular complexity index is 2480. The minimum absolute atomic E-state index is 0. The van der Waals surface area contributed by atoms with E-state index in [4.69, 9.17) is 8.83 Å². The van der Waals surface area contributed by atoms with Crippen LogP contribution in [0.3, 0.4) is 0 Å². The SMILES string of the molecule is CC(C)(c1ccccc1)c1c[c-]c(-c2ccccn2)c2oc3ccccc3c12.[Ir].[c-]1ccc2c(oc3ccccc32)c1-c1ccccn1. The molecule has 5 aromatic carbocycles. The number of rotatable bonds is 4. The third-order valence-electron chi connectivity index (χ3n) is 8.80. The molecule has 5 heteroatoms. The summed E-state index contributed by atoms with van der Waals surface area (Å²) >= 11 is 0. The Morgan fingerprint density at radius 2 is 1.10 bits per heavy atom. The van der Waals surface area contributed by atoms with Crippen LogP contribution in [-0.2, 0) is 25.5 Å². The molecule has 9 aromatic rings. The van der Waals surface area contributed by atoms with Crippen molar-refractivity contribution in [2.75, 3.05) is 0 Å². The van der Waals surface area contributed by atoms with Gasteiger partial charge in [-0.15, -0.1) is 35.9 Å². The van der Waals surface area contributed by atoms with E-state index in [1.165, 1.54) is 11.1 Å². The van der Waals surface area contributed by atoms with Crippen LogP contribution in [-0.4, -0.2) is 9.97 Å². The summed E-state index contributed by atoms with van der Waals surface area (Å²) in [7, 11) is 0. The molecule has 0 aliphatic heterocycles. The summed E-state index contributed by atoms with van der Waals surface area (Å²) in [5.74, 6) is 0. The van der Waals surface area contributed by atoms with Crippen LogP contribution in [0.4, 0.5) is 0 Å². The topological polar surface area (TPSA) is 52.1 Å². The van der Waals surface area contributed by atoms with Gasteiger partial charge in [-0.1, -0.05) is 127 Å². The van der Waals surface area contributed by atoms with E-state index in [0.29, 0.717) is 0 Å². The van der Waals surface area contributed by atoms with Crippen LogP contribution in [0.1, 0.15) is 25.0 Å². The molecule has 0 aliphatic rings. The zero-order chi connectivity index (χ0) is 31.8. The molecule has 0 saturated carbocycles. The van der Waals surface area contributed by atoms with Crippen molar-refractivity contribution in [2.24, 2.45) is 0 Å². The van der Waals surface area contributed by atoms with Crippen LogP contribution in [0.15, 0.2) is 155 Å². The molecule has 0 fully saturated rings. The molecule has 4 aromatic heterocycles. The second-order valence-electron chi connectivity index (χ2n) is 12.0. The number of aromatic nitrogens is 2. The van der Waals surface area contributed by atoms with Crippen molar-refractivity contribution in [2.45, 2.75) is 19.3 Å². The molecule has 0 amide bonds. The summed E-state index contributed by atoms with van der Waals surface area (Å²) in [6.45, 7) is 4.51. The second-order valence-corrected chi connectivity index (χ2v) is 12.0. The summed E-state index contributed by atoms with van der Waals surface area (Å²) < 4.78 is 12.3. The first-order valence-electron chi connectivity index (χ1n) is 15.7. The Balaban J connectivity index is 0.000000159. The van der Waals surface area contributed by atoms with Gasteiger partial charge in [-0.2, -0.15) is 0 Å². The Hall–Kier alpha value is -5.35. The molecule has 235 valence electrons. The van der Waals surface area contributed by atoms with E-state index in [2.05, 4.69) is 90.5 Å². The zero-order valence-corrected chi connectivity index (χ0v) is 28.8. The molecule has 0 bridgehead atoms. The fourth-order valence-corrected chi connectivity index (χ4v) is 6.37. The van der Waals surface area contributed by atoms with Gasteiger partial charge < -0.3 is 18.8 Å². The molecular weight excluding hydrogens is 769 g/mol. The van der Waals surface area contributed by atoms with E-state index in [1.807, 2.05) is 78.9 Å². The summed E-state index contributed by atoms with van der Waals surface area (Å²) in [5.41, 5.74) is 9.33. The monoisotopic (exact) mass is 799 g/mol. The molecule has 4 heterocycles. The fourth-order valence-electron chi connectivity index (χ4n) is 6.37. The van der Waals surface area contributed by atoms with Crippen molar-refractivity contribution in [1.82, 2.24) is 9.97 Å². The van der Waals surface area contributed by atoms with Gasteiger partial charge in [0.1, 0.15) is 11.2 Å². The molecule has 9 rings (SSSR count). The Morgan fingerprint density at radius 3 is 1.77 bits per heavy atom. The average Bonchev–Trinajstić information content (AvgIpc) is 3.72. The van der Waals surface area contributed by atoms with Crippen LogP contribution in [0.2, 0.25) is 0 Å². The standard InChI is InChI=1S/C26H20NO.C17H10NO.Ir/c1-26(2,18-10-4-3-5-11-18)21-16-15-19(22-13-8-9-17-27-22)25-24(21)20-12-6-7-14-23(20)28-25;1-2-10-16-12(6-1)13-7-5-8-14(17(13)19-16)15-9-3-4-11-18-15;/h3-14,16-17H,1-2H3;1-7,9-11H;/q2*-1;. The van der Waals surface area contributed by atoms with Gasteiger partial charge in [-0.25, -0.2) is 0 Å². The van der Waals surface area contributed by atoms with Gasteiger partial charge in [-0.05, 0) is 46.6 Å². The van der Waals surface area contributed by atoms with Crippen molar-refractivity contribution in [3.63, 3.8) is 0 Å². The minimum atomic E-state index is -0.189. The molecule has 0 N–H and O–H groups in total. The Morgan fingerprint density at radius 1 is 0.542 bits per heavy atom. The maximum absolute atomic E-state index is 6.34. The molecule has 0 aliphatic carbocycles. The largest absolute Gasteiger partial charge is 0.501 e. The van der Waals surface area contributed by atoms with Gasteiger partial charge in [0.2, 0.25) is 0 Å². The molecule has 0 spiro atoms. The Labute approximate surface area is 292 Å². The first-order valence-corrected chi connectivity index (χ1v) is 15.7. The predicted molar refractivity (Wildman–Crippen MR) is 190 cm³/mol. The van der Waals surface area contributed by atoms with Gasteiger partial charge in [0.25, 0.3) is 0 Å². The van der Waals surface area contributed by atoms with Crippen molar-refractivity contribution in [1.29, 1.82) is 0 Å². The van der Waals surface area contributed by atoms with E-state index in [0.717, 1.165) is 66.4 Å². The summed E-state index contributed by atoms with van der Waals surface area (Å²) in [6.07, 6.45) is 3.59. The van der Waals surface area contributed by atoms with Gasteiger partial charge >= 0.3 is 0 Å². The van der Waals surface area contributed by atoms with Gasteiger partial charge in [0.15, 0.2) is 0 Å². The maximum atomic E-state index is 6.34. The maximum Gasteiger partial charge on any atom is 0.120 e. The third kappa shape index (κ3) is 5.51. The van der Waals surface area contributed by atoms with Crippen molar-refractivity contribution in [3.05, 3.63) is 169 Å². The number of furan rings is 2. The minimum Gasteiger partial charge on any atom is -0.501 e. The molecule has 48 heavy (non-hydrogen) atoms. The summed E-state index contributed by atoms with van der Waals surface area (Å²) in [6, 6.07) is 51.4. The van der Waals surface area contributed by atoms with Crippen molar-refractivity contribution >= 4 is 43.9 Å². The van der Waals surface area contributed by atoms with E-state index in [1.54, 1.807) is 12.4 Å². The van der Waals surface area contributed by atoms with E-state index in [9.17, 15) is 0 Å². The Kier molecular flexibility index (Phi) is 8.49. The molecule has 0 atom stereocenters. The second kappa shape index (κ2) is 13.0. The summed E-state index contributed by atoms with van der Waals surface area (Å²) in [4.78, 5) is 8.91. The van der Waals surface area contributed by atoms with Crippen LogP contribution in [0, 0.1) is 12.1 Å². The quantitative estimate of drug-likeness (QED) is 0.166. The predicted octanol–water partition coefficient (Wildman–Crippen LogP) is 11.2. The van der Waals surface area contributed by atoms with E-state index < -0.39 is 0 Å². The number of nitrogens with zero attached hydrogens (tertiary/aromatic N) is 2. The first-order chi connectivity index (χ1) is 23.1. The zero-order valence-electron chi connectivity index (χ0n) is 26.4. The van der Waals surface area contributed by atoms with Crippen molar-refractivity contribution < 1.29 is 28.9 Å². The number of para-hydroxylation sites is 2. The smallest absolute Gasteiger partial charge is 0.120 e.